The average Bonchev–Trinajstić information content (AvgIpc) is 3.54. The van der Waals surface area contributed by atoms with Crippen molar-refractivity contribution in [1.29, 1.82) is 0 Å². The number of alkyl halides is 2. The van der Waals surface area contributed by atoms with E-state index in [1.807, 2.05) is 18.5 Å². The molecule has 1 aromatic carbocycles. The van der Waals surface area contributed by atoms with Gasteiger partial charge in [-0.25, -0.2) is 4.98 Å². The second-order valence-corrected chi connectivity index (χ2v) is 10.4. The Balaban J connectivity index is 1.33. The number of pyridine rings is 1. The molecular formula is C26H26F2N4OS. The van der Waals surface area contributed by atoms with Crippen LogP contribution in [0, 0.1) is 0 Å². The molecule has 0 aliphatic carbocycles. The van der Waals surface area contributed by atoms with E-state index in [1.165, 1.54) is 4.88 Å². The first-order chi connectivity index (χ1) is 16.4. The minimum Gasteiger partial charge on any atom is -0.432 e. The fourth-order valence-electron chi connectivity index (χ4n) is 4.98. The van der Waals surface area contributed by atoms with Crippen LogP contribution in [0.15, 0.2) is 48.8 Å². The van der Waals surface area contributed by atoms with Gasteiger partial charge in [0.2, 0.25) is 0 Å². The molecule has 0 bridgehead atoms. The molecule has 6 rings (SSSR count). The van der Waals surface area contributed by atoms with Crippen LogP contribution in [-0.2, 0) is 6.42 Å². The number of rotatable bonds is 4. The summed E-state index contributed by atoms with van der Waals surface area (Å²) in [5.74, 6) is 0.252. The zero-order valence-corrected chi connectivity index (χ0v) is 20.0. The van der Waals surface area contributed by atoms with Gasteiger partial charge in [0.05, 0.1) is 6.42 Å². The number of benzene rings is 1. The average molecular weight is 481 g/mol. The molecule has 1 N–H and O–H groups in total. The van der Waals surface area contributed by atoms with Gasteiger partial charge in [-0.1, -0.05) is 12.1 Å². The maximum Gasteiger partial charge on any atom is 0.402 e. The van der Waals surface area contributed by atoms with Crippen molar-refractivity contribution in [3.8, 4) is 27.3 Å². The molecule has 0 radical (unpaired) electrons. The number of ether oxygens (including phenoxy) is 1. The first-order valence-corrected chi connectivity index (χ1v) is 12.4. The molecule has 8 heteroatoms. The number of aromatic nitrogens is 2. The summed E-state index contributed by atoms with van der Waals surface area (Å²) in [6, 6.07) is 12.1. The quantitative estimate of drug-likeness (QED) is 0.401. The van der Waals surface area contributed by atoms with Crippen LogP contribution in [0.5, 0.6) is 5.75 Å². The van der Waals surface area contributed by atoms with E-state index >= 15 is 0 Å². The Kier molecular flexibility index (Phi) is 5.20. The molecule has 1 atom stereocenters. The Morgan fingerprint density at radius 1 is 1.12 bits per heavy atom. The number of H-pyrrole nitrogens is 1. The number of nitrogens with zero attached hydrogens (tertiary/aromatic N) is 3. The second kappa shape index (κ2) is 8.15. The summed E-state index contributed by atoms with van der Waals surface area (Å²) in [5.41, 5.74) is 3.94. The fourth-order valence-corrected chi connectivity index (χ4v) is 6.06. The van der Waals surface area contributed by atoms with Crippen molar-refractivity contribution < 1.29 is 13.5 Å². The van der Waals surface area contributed by atoms with E-state index < -0.39 is 12.5 Å². The molecule has 0 amide bonds. The lowest BCUT2D eigenvalue weighted by molar-refractivity contribution is -0.159. The van der Waals surface area contributed by atoms with Crippen molar-refractivity contribution in [2.45, 2.75) is 25.5 Å². The summed E-state index contributed by atoms with van der Waals surface area (Å²) in [6.07, 6.45) is 0.146. The molecule has 2 aliphatic rings. The van der Waals surface area contributed by atoms with Gasteiger partial charge < -0.3 is 14.6 Å². The van der Waals surface area contributed by atoms with Gasteiger partial charge in [0, 0.05) is 76.4 Å². The molecular weight excluding hydrogens is 454 g/mol. The van der Waals surface area contributed by atoms with Crippen LogP contribution in [0.2, 0.25) is 0 Å². The van der Waals surface area contributed by atoms with E-state index in [0.717, 1.165) is 58.8 Å². The van der Waals surface area contributed by atoms with Crippen molar-refractivity contribution in [3.63, 3.8) is 0 Å². The summed E-state index contributed by atoms with van der Waals surface area (Å²) in [5, 5.41) is 0.920. The molecule has 3 aromatic heterocycles. The van der Waals surface area contributed by atoms with Gasteiger partial charge in [-0.3, -0.25) is 4.90 Å². The van der Waals surface area contributed by atoms with Crippen LogP contribution in [-0.4, -0.2) is 59.1 Å². The Morgan fingerprint density at radius 3 is 2.76 bits per heavy atom. The second-order valence-electron chi connectivity index (χ2n) is 9.24. The molecule has 176 valence electrons. The van der Waals surface area contributed by atoms with E-state index in [1.54, 1.807) is 23.5 Å². The van der Waals surface area contributed by atoms with Gasteiger partial charge >= 0.3 is 6.11 Å². The number of hydrogen-bond donors (Lipinski definition) is 1. The third kappa shape index (κ3) is 3.79. The minimum atomic E-state index is -3.16. The molecule has 5 heterocycles. The van der Waals surface area contributed by atoms with Crippen molar-refractivity contribution in [3.05, 3.63) is 59.2 Å². The highest BCUT2D eigenvalue weighted by molar-refractivity contribution is 7.15. The van der Waals surface area contributed by atoms with Crippen LogP contribution >= 0.6 is 11.3 Å². The Morgan fingerprint density at radius 2 is 1.94 bits per heavy atom. The normalized spacial score (nSPS) is 19.3. The number of likely N-dealkylation sites (N-methyl/N-ethyl adjacent to an activating group) is 1. The van der Waals surface area contributed by atoms with E-state index in [0.29, 0.717) is 11.6 Å². The maximum absolute atomic E-state index is 13.9. The molecule has 1 unspecified atom stereocenters. The van der Waals surface area contributed by atoms with Gasteiger partial charge in [-0.2, -0.15) is 8.78 Å². The van der Waals surface area contributed by atoms with Gasteiger partial charge in [0.1, 0.15) is 11.4 Å². The molecule has 1 saturated heterocycles. The first kappa shape index (κ1) is 21.7. The third-order valence-corrected chi connectivity index (χ3v) is 8.31. The number of thiophene rings is 1. The number of aromatic amines is 1. The Bertz CT molecular complexity index is 1360. The summed E-state index contributed by atoms with van der Waals surface area (Å²) < 4.78 is 32.7. The summed E-state index contributed by atoms with van der Waals surface area (Å²) >= 11 is 1.80. The van der Waals surface area contributed by atoms with Crippen molar-refractivity contribution in [1.82, 2.24) is 19.8 Å². The lowest BCUT2D eigenvalue weighted by atomic mass is 9.97. The summed E-state index contributed by atoms with van der Waals surface area (Å²) in [4.78, 5) is 15.2. The first-order valence-electron chi connectivity index (χ1n) is 11.6. The maximum atomic E-state index is 13.9. The van der Waals surface area contributed by atoms with Crippen LogP contribution in [0.4, 0.5) is 8.78 Å². The lowest BCUT2D eigenvalue weighted by Gasteiger charge is -2.36. The van der Waals surface area contributed by atoms with Crippen LogP contribution < -0.4 is 4.74 Å². The number of piperazine rings is 1. The molecule has 1 fully saturated rings. The van der Waals surface area contributed by atoms with Crippen LogP contribution in [0.1, 0.15) is 23.4 Å². The zero-order valence-electron chi connectivity index (χ0n) is 19.1. The predicted octanol–water partition coefficient (Wildman–Crippen LogP) is 5.79. The largest absolute Gasteiger partial charge is 0.432 e. The van der Waals surface area contributed by atoms with Crippen molar-refractivity contribution in [2.24, 2.45) is 0 Å². The standard InChI is InChI=1S/C26H26F2N4OS/c1-16(32-10-8-31(2)9-11-32)23-6-7-24(34-23)17-12-19-21(15-30-25(19)29-14-17)18-4-3-5-22-20(18)13-26(27,28)33-22/h3-7,12,14-16H,8-11,13H2,1-2H3,(H,29,30). The van der Waals surface area contributed by atoms with E-state index in [-0.39, 0.29) is 5.75 Å². The van der Waals surface area contributed by atoms with Gasteiger partial charge in [0.15, 0.2) is 0 Å². The highest BCUT2D eigenvalue weighted by atomic mass is 32.1. The van der Waals surface area contributed by atoms with E-state index in [9.17, 15) is 8.78 Å². The number of halogens is 2. The third-order valence-electron chi connectivity index (χ3n) is 7.00. The van der Waals surface area contributed by atoms with Gasteiger partial charge in [-0.15, -0.1) is 11.3 Å². The molecule has 0 saturated carbocycles. The Hall–Kier alpha value is -2.81. The monoisotopic (exact) mass is 480 g/mol. The van der Waals surface area contributed by atoms with Gasteiger partial charge in [-0.05, 0) is 43.8 Å². The molecule has 5 nitrogen and oxygen atoms in total. The smallest absolute Gasteiger partial charge is 0.402 e. The lowest BCUT2D eigenvalue weighted by Crippen LogP contribution is -2.45. The fraction of sp³-hybridized carbons (Fsp3) is 0.346. The predicted molar refractivity (Wildman–Crippen MR) is 132 cm³/mol. The SMILES string of the molecule is CC(c1ccc(-c2cnc3[nH]cc(-c4cccc5c4CC(F)(F)O5)c3c2)s1)N1CCN(C)CC1. The number of fused-ring (bicyclic) bond motifs is 2. The summed E-state index contributed by atoms with van der Waals surface area (Å²) in [6.45, 7) is 6.63. The van der Waals surface area contributed by atoms with E-state index in [2.05, 4.69) is 51.9 Å². The van der Waals surface area contributed by atoms with Crippen molar-refractivity contribution in [2.75, 3.05) is 33.2 Å². The topological polar surface area (TPSA) is 44.4 Å². The van der Waals surface area contributed by atoms with Crippen LogP contribution in [0.25, 0.3) is 32.6 Å². The molecule has 34 heavy (non-hydrogen) atoms. The van der Waals surface area contributed by atoms with Crippen molar-refractivity contribution >= 4 is 22.4 Å². The molecule has 4 aromatic rings. The highest BCUT2D eigenvalue weighted by Crippen LogP contribution is 2.44. The Labute approximate surface area is 201 Å². The van der Waals surface area contributed by atoms with Gasteiger partial charge in [0.25, 0.3) is 0 Å². The number of nitrogens with one attached hydrogen (secondary N) is 1. The number of hydrogen-bond acceptors (Lipinski definition) is 5. The zero-order chi connectivity index (χ0) is 23.4. The molecule has 2 aliphatic heterocycles. The minimum absolute atomic E-state index is 0.252. The molecule has 0 spiro atoms. The van der Waals surface area contributed by atoms with E-state index in [4.69, 9.17) is 4.74 Å². The van der Waals surface area contributed by atoms with Crippen LogP contribution in [0.3, 0.4) is 0 Å². The highest BCUT2D eigenvalue weighted by Gasteiger charge is 2.41. The summed E-state index contributed by atoms with van der Waals surface area (Å²) in [7, 11) is 2.17.